The normalized spacial score (nSPS) is 19.6. The van der Waals surface area contributed by atoms with E-state index in [1.807, 2.05) is 29.7 Å². The molecule has 11 nitrogen and oxygen atoms in total. The number of carbonyl (C=O) groups is 2. The number of pyridine rings is 3. The van der Waals surface area contributed by atoms with Crippen LogP contribution in [0.2, 0.25) is 0 Å². The van der Waals surface area contributed by atoms with E-state index in [-0.39, 0.29) is 24.4 Å². The van der Waals surface area contributed by atoms with Crippen LogP contribution in [0.15, 0.2) is 59.7 Å². The third kappa shape index (κ3) is 4.06. The average Bonchev–Trinajstić information content (AvgIpc) is 3.48. The van der Waals surface area contributed by atoms with E-state index >= 15 is 0 Å². The second kappa shape index (κ2) is 9.33. The molecule has 1 saturated carbocycles. The molecule has 2 fully saturated rings. The predicted octanol–water partition coefficient (Wildman–Crippen LogP) is 3.72. The number of carbonyl (C=O) groups excluding carboxylic acids is 2. The van der Waals surface area contributed by atoms with Crippen molar-refractivity contribution in [3.05, 3.63) is 65.3 Å². The summed E-state index contributed by atoms with van der Waals surface area (Å²) >= 11 is 3.33. The maximum Gasteiger partial charge on any atom is 0.248 e. The molecule has 6 heterocycles. The summed E-state index contributed by atoms with van der Waals surface area (Å²) in [5.41, 5.74) is 10.8. The predicted molar refractivity (Wildman–Crippen MR) is 153 cm³/mol. The number of nitrogens with one attached hydrogen (secondary N) is 1. The van der Waals surface area contributed by atoms with E-state index in [0.29, 0.717) is 45.1 Å². The quantitative estimate of drug-likeness (QED) is 0.292. The molecule has 1 saturated heterocycles. The van der Waals surface area contributed by atoms with Crippen LogP contribution < -0.4 is 11.1 Å². The zero-order valence-electron chi connectivity index (χ0n) is 21.5. The summed E-state index contributed by atoms with van der Waals surface area (Å²) in [4.78, 5) is 51.1. The first-order valence-electron chi connectivity index (χ1n) is 12.9. The molecule has 0 spiro atoms. The number of halogens is 1. The number of rotatable bonds is 5. The number of likely N-dealkylation sites (tertiary alicyclic amines) is 1. The number of nitrogens with two attached hydrogens (primary N) is 1. The molecule has 1 aliphatic heterocycles. The number of anilines is 2. The fourth-order valence-corrected chi connectivity index (χ4v) is 6.22. The number of piperidine rings is 1. The second-order valence-electron chi connectivity index (χ2n) is 10.3. The number of nitrogens with zero attached hydrogens (tertiary/aromatic N) is 7. The van der Waals surface area contributed by atoms with Crippen LogP contribution in [0.3, 0.4) is 0 Å². The lowest BCUT2D eigenvalue weighted by molar-refractivity contribution is -0.138. The van der Waals surface area contributed by atoms with Crippen molar-refractivity contribution >= 4 is 61.4 Å². The van der Waals surface area contributed by atoms with Crippen LogP contribution in [0.5, 0.6) is 0 Å². The van der Waals surface area contributed by atoms with E-state index in [1.54, 1.807) is 35.5 Å². The van der Waals surface area contributed by atoms with Gasteiger partial charge in [0.15, 0.2) is 0 Å². The highest BCUT2D eigenvalue weighted by Crippen LogP contribution is 2.48. The lowest BCUT2D eigenvalue weighted by Gasteiger charge is -2.27. The number of fused-ring (bicyclic) bond motifs is 4. The molecule has 3 atom stereocenters. The molecule has 2 amide bonds. The maximum absolute atomic E-state index is 13.9. The van der Waals surface area contributed by atoms with Crippen LogP contribution in [0.4, 0.5) is 11.6 Å². The van der Waals surface area contributed by atoms with Crippen molar-refractivity contribution in [3.8, 4) is 11.3 Å². The van der Waals surface area contributed by atoms with Crippen LogP contribution in [0, 0.1) is 12.8 Å². The number of aryl methyl sites for hydroxylation is 1. The molecular formula is C28H24BrN9O2. The maximum atomic E-state index is 13.9. The number of nitrogen functional groups attached to an aromatic ring is 1. The van der Waals surface area contributed by atoms with Gasteiger partial charge in [-0.3, -0.25) is 14.6 Å². The van der Waals surface area contributed by atoms with Crippen molar-refractivity contribution in [2.45, 2.75) is 38.4 Å². The van der Waals surface area contributed by atoms with Gasteiger partial charge >= 0.3 is 0 Å². The molecule has 200 valence electrons. The van der Waals surface area contributed by atoms with Crippen LogP contribution in [0.1, 0.15) is 18.4 Å². The van der Waals surface area contributed by atoms with Crippen LogP contribution in [-0.4, -0.2) is 58.3 Å². The van der Waals surface area contributed by atoms with Crippen molar-refractivity contribution in [3.63, 3.8) is 0 Å². The van der Waals surface area contributed by atoms with E-state index in [1.165, 1.54) is 6.33 Å². The number of hydrogen-bond donors (Lipinski definition) is 2. The second-order valence-corrected chi connectivity index (χ2v) is 11.1. The summed E-state index contributed by atoms with van der Waals surface area (Å²) in [5, 5.41) is 3.47. The van der Waals surface area contributed by atoms with E-state index in [2.05, 4.69) is 41.2 Å². The standard InChI is InChI=1S/C28H24BrN9O2/c1-14-8-17(15-4-3-7-31-11-15)34-24-23-26(30)32-13-33-27(23)37(25(14)24)12-22(39)38-18-9-16(18)10-19(38)28(40)36-21-6-2-5-20(29)35-21/h2-8,11,13,16,18-19H,9-10,12H2,1H3,(H2,30,32,33)(H,35,36,40)/t16-,18-,19+/m1/s1. The lowest BCUT2D eigenvalue weighted by Crippen LogP contribution is -2.46. The largest absolute Gasteiger partial charge is 0.383 e. The summed E-state index contributed by atoms with van der Waals surface area (Å²) in [6, 6.07) is 10.6. The minimum atomic E-state index is -0.568. The minimum absolute atomic E-state index is 0.00660. The van der Waals surface area contributed by atoms with Gasteiger partial charge < -0.3 is 20.5 Å². The molecule has 0 bridgehead atoms. The van der Waals surface area contributed by atoms with Gasteiger partial charge in [-0.15, -0.1) is 0 Å². The molecule has 0 unspecified atom stereocenters. The Bertz CT molecular complexity index is 1820. The first kappa shape index (κ1) is 24.6. The van der Waals surface area contributed by atoms with Crippen molar-refractivity contribution in [2.24, 2.45) is 5.92 Å². The molecule has 0 radical (unpaired) electrons. The number of amides is 2. The van der Waals surface area contributed by atoms with E-state index in [0.717, 1.165) is 28.8 Å². The Kier molecular flexibility index (Phi) is 5.74. The van der Waals surface area contributed by atoms with E-state index in [4.69, 9.17) is 10.7 Å². The van der Waals surface area contributed by atoms with Gasteiger partial charge in [0.1, 0.15) is 46.3 Å². The Hall–Kier alpha value is -4.45. The first-order chi connectivity index (χ1) is 19.4. The summed E-state index contributed by atoms with van der Waals surface area (Å²) in [6.45, 7) is 1.97. The topological polar surface area (TPSA) is 145 Å². The molecule has 3 N–H and O–H groups in total. The summed E-state index contributed by atoms with van der Waals surface area (Å²) in [6.07, 6.45) is 6.40. The summed E-state index contributed by atoms with van der Waals surface area (Å²) < 4.78 is 2.47. The SMILES string of the molecule is Cc1cc(-c2cccnc2)nc2c3c(N)ncnc3n(CC(=O)N3[C@@H]4C[C@@H]4C[C@H]3C(=O)Nc3cccc(Br)n3)c12. The summed E-state index contributed by atoms with van der Waals surface area (Å²) in [5.74, 6) is 0.668. The van der Waals surface area contributed by atoms with Gasteiger partial charge in [-0.1, -0.05) is 6.07 Å². The van der Waals surface area contributed by atoms with E-state index in [9.17, 15) is 9.59 Å². The Morgan fingerprint density at radius 1 is 1.15 bits per heavy atom. The third-order valence-corrected chi connectivity index (χ3v) is 8.16. The summed E-state index contributed by atoms with van der Waals surface area (Å²) in [7, 11) is 0. The van der Waals surface area contributed by atoms with Gasteiger partial charge in [0.05, 0.1) is 16.6 Å². The minimum Gasteiger partial charge on any atom is -0.383 e. The Morgan fingerprint density at radius 2 is 2.02 bits per heavy atom. The monoisotopic (exact) mass is 597 g/mol. The van der Waals surface area contributed by atoms with Gasteiger partial charge in [0.25, 0.3) is 0 Å². The van der Waals surface area contributed by atoms with Crippen molar-refractivity contribution < 1.29 is 9.59 Å². The lowest BCUT2D eigenvalue weighted by atomic mass is 10.1. The molecule has 5 aromatic heterocycles. The van der Waals surface area contributed by atoms with Gasteiger partial charge in [-0.25, -0.2) is 19.9 Å². The van der Waals surface area contributed by atoms with Crippen LogP contribution in [0.25, 0.3) is 33.3 Å². The zero-order chi connectivity index (χ0) is 27.5. The molecule has 5 aromatic rings. The fourth-order valence-electron chi connectivity index (χ4n) is 5.88. The van der Waals surface area contributed by atoms with E-state index < -0.39 is 6.04 Å². The molecular weight excluding hydrogens is 574 g/mol. The van der Waals surface area contributed by atoms with Crippen molar-refractivity contribution in [1.29, 1.82) is 0 Å². The number of aromatic nitrogens is 6. The number of hydrogen-bond acceptors (Lipinski definition) is 8. The van der Waals surface area contributed by atoms with Crippen LogP contribution in [-0.2, 0) is 16.1 Å². The smallest absolute Gasteiger partial charge is 0.248 e. The highest BCUT2D eigenvalue weighted by Gasteiger charge is 2.56. The average molecular weight is 598 g/mol. The van der Waals surface area contributed by atoms with Gasteiger partial charge in [-0.2, -0.15) is 0 Å². The molecule has 40 heavy (non-hydrogen) atoms. The van der Waals surface area contributed by atoms with Crippen molar-refractivity contribution in [1.82, 2.24) is 34.4 Å². The highest BCUT2D eigenvalue weighted by molar-refractivity contribution is 9.10. The molecule has 0 aromatic carbocycles. The van der Waals surface area contributed by atoms with Gasteiger partial charge in [-0.05, 0) is 77.5 Å². The first-order valence-corrected chi connectivity index (χ1v) is 13.7. The Morgan fingerprint density at radius 3 is 2.83 bits per heavy atom. The Labute approximate surface area is 237 Å². The fraction of sp³-hybridized carbons (Fsp3) is 0.250. The Balaban J connectivity index is 1.26. The molecule has 7 rings (SSSR count). The van der Waals surface area contributed by atoms with Gasteiger partial charge in [0.2, 0.25) is 11.8 Å². The highest BCUT2D eigenvalue weighted by atomic mass is 79.9. The van der Waals surface area contributed by atoms with Gasteiger partial charge in [0, 0.05) is 24.0 Å². The van der Waals surface area contributed by atoms with Crippen molar-refractivity contribution in [2.75, 3.05) is 11.1 Å². The molecule has 2 aliphatic rings. The molecule has 1 aliphatic carbocycles. The zero-order valence-corrected chi connectivity index (χ0v) is 23.0. The molecule has 12 heteroatoms. The van der Waals surface area contributed by atoms with Crippen LogP contribution >= 0.6 is 15.9 Å². The third-order valence-electron chi connectivity index (χ3n) is 7.71.